The number of nitrogens with one attached hydrogen (secondary N) is 3. The van der Waals surface area contributed by atoms with Crippen molar-refractivity contribution in [3.8, 4) is 0 Å². The molecular weight excluding hydrogens is 294 g/mol. The molecule has 0 aliphatic rings. The quantitative estimate of drug-likeness (QED) is 0.742. The van der Waals surface area contributed by atoms with Gasteiger partial charge in [0.05, 0.1) is 5.69 Å². The number of amides is 1. The first kappa shape index (κ1) is 16.9. The van der Waals surface area contributed by atoms with E-state index >= 15 is 0 Å². The number of rotatable bonds is 6. The lowest BCUT2D eigenvalue weighted by Crippen LogP contribution is -2.34. The van der Waals surface area contributed by atoms with E-state index in [2.05, 4.69) is 25.5 Å². The normalized spacial score (nSPS) is 12.2. The number of aryl methyl sites for hydroxylation is 3. The third-order valence-electron chi connectivity index (χ3n) is 3.74. The van der Waals surface area contributed by atoms with Crippen LogP contribution < -0.4 is 11.0 Å². The van der Waals surface area contributed by atoms with Gasteiger partial charge in [0.1, 0.15) is 0 Å². The Labute approximate surface area is 134 Å². The molecule has 0 bridgehead atoms. The summed E-state index contributed by atoms with van der Waals surface area (Å²) in [6.07, 6.45) is 1.61. The molecule has 124 valence electrons. The zero-order valence-corrected chi connectivity index (χ0v) is 14.0. The minimum atomic E-state index is -0.351. The van der Waals surface area contributed by atoms with Gasteiger partial charge in [0.15, 0.2) is 0 Å². The monoisotopic (exact) mass is 317 g/mol. The van der Waals surface area contributed by atoms with Crippen molar-refractivity contribution in [2.24, 2.45) is 0 Å². The molecule has 2 aromatic heterocycles. The van der Waals surface area contributed by atoms with Gasteiger partial charge in [0.2, 0.25) is 5.91 Å². The first-order valence-electron chi connectivity index (χ1n) is 7.71. The molecule has 0 aromatic carbocycles. The van der Waals surface area contributed by atoms with Crippen molar-refractivity contribution in [1.82, 2.24) is 25.5 Å². The van der Waals surface area contributed by atoms with Gasteiger partial charge in [-0.05, 0) is 45.7 Å². The van der Waals surface area contributed by atoms with E-state index in [1.54, 1.807) is 6.92 Å². The summed E-state index contributed by atoms with van der Waals surface area (Å²) in [7, 11) is 0. The fourth-order valence-electron chi connectivity index (χ4n) is 2.65. The highest BCUT2D eigenvalue weighted by Gasteiger charge is 2.12. The Hall–Kier alpha value is -2.44. The second-order valence-electron chi connectivity index (χ2n) is 5.95. The second-order valence-corrected chi connectivity index (χ2v) is 5.95. The molecule has 2 heterocycles. The molecule has 0 aliphatic carbocycles. The number of aromatic nitrogens is 4. The van der Waals surface area contributed by atoms with Crippen LogP contribution in [0.3, 0.4) is 0 Å². The number of carbonyl (C=O) groups excluding carboxylic acids is 1. The zero-order valence-electron chi connectivity index (χ0n) is 14.0. The smallest absolute Gasteiger partial charge is 0.345 e. The van der Waals surface area contributed by atoms with E-state index in [1.807, 2.05) is 26.8 Å². The molecule has 23 heavy (non-hydrogen) atoms. The molecule has 2 aromatic rings. The van der Waals surface area contributed by atoms with Crippen molar-refractivity contribution >= 4 is 5.91 Å². The molecule has 7 nitrogen and oxygen atoms in total. The molecule has 0 aliphatic heterocycles. The van der Waals surface area contributed by atoms with E-state index in [-0.39, 0.29) is 17.6 Å². The SMILES string of the molecule is Cc1cc(C[C@H](C)NC(=O)CCc2c(C)nc(=O)[nH]c2C)n[nH]1. The summed E-state index contributed by atoms with van der Waals surface area (Å²) in [6, 6.07) is 1.99. The summed E-state index contributed by atoms with van der Waals surface area (Å²) in [5.74, 6) is -0.0187. The van der Waals surface area contributed by atoms with E-state index in [0.717, 1.165) is 22.6 Å². The first-order chi connectivity index (χ1) is 10.8. The fraction of sp³-hybridized carbons (Fsp3) is 0.500. The molecule has 0 radical (unpaired) electrons. The number of hydrogen-bond acceptors (Lipinski definition) is 4. The third-order valence-corrected chi connectivity index (χ3v) is 3.74. The van der Waals surface area contributed by atoms with Crippen molar-refractivity contribution < 1.29 is 4.79 Å². The Morgan fingerprint density at radius 2 is 2.09 bits per heavy atom. The number of hydrogen-bond donors (Lipinski definition) is 3. The minimum Gasteiger partial charge on any atom is -0.353 e. The van der Waals surface area contributed by atoms with Gasteiger partial charge in [0.25, 0.3) is 0 Å². The largest absolute Gasteiger partial charge is 0.353 e. The van der Waals surface area contributed by atoms with Gasteiger partial charge in [-0.2, -0.15) is 10.1 Å². The van der Waals surface area contributed by atoms with Crippen LogP contribution in [0, 0.1) is 20.8 Å². The van der Waals surface area contributed by atoms with Gasteiger partial charge in [-0.3, -0.25) is 9.89 Å². The molecule has 0 saturated carbocycles. The lowest BCUT2D eigenvalue weighted by Gasteiger charge is -2.13. The Morgan fingerprint density at radius 1 is 1.35 bits per heavy atom. The van der Waals surface area contributed by atoms with Gasteiger partial charge in [-0.1, -0.05) is 0 Å². The molecule has 0 unspecified atom stereocenters. The number of carbonyl (C=O) groups is 1. The maximum absolute atomic E-state index is 12.1. The maximum Gasteiger partial charge on any atom is 0.345 e. The summed E-state index contributed by atoms with van der Waals surface area (Å²) < 4.78 is 0. The van der Waals surface area contributed by atoms with Crippen molar-refractivity contribution in [2.75, 3.05) is 0 Å². The summed E-state index contributed by atoms with van der Waals surface area (Å²) >= 11 is 0. The molecular formula is C16H23N5O2. The third kappa shape index (κ3) is 4.77. The van der Waals surface area contributed by atoms with Crippen LogP contribution in [0.25, 0.3) is 0 Å². The molecule has 1 amide bonds. The predicted octanol–water partition coefficient (Wildman–Crippen LogP) is 1.10. The van der Waals surface area contributed by atoms with Crippen molar-refractivity contribution in [1.29, 1.82) is 0 Å². The minimum absolute atomic E-state index is 0.0149. The highest BCUT2D eigenvalue weighted by molar-refractivity contribution is 5.76. The molecule has 7 heteroatoms. The number of nitrogens with zero attached hydrogens (tertiary/aromatic N) is 2. The average Bonchev–Trinajstić information content (AvgIpc) is 2.82. The van der Waals surface area contributed by atoms with Gasteiger partial charge >= 0.3 is 5.69 Å². The highest BCUT2D eigenvalue weighted by atomic mass is 16.1. The van der Waals surface area contributed by atoms with Gasteiger partial charge in [-0.15, -0.1) is 0 Å². The fourth-order valence-corrected chi connectivity index (χ4v) is 2.65. The molecule has 0 spiro atoms. The van der Waals surface area contributed by atoms with E-state index in [9.17, 15) is 9.59 Å². The highest BCUT2D eigenvalue weighted by Crippen LogP contribution is 2.10. The van der Waals surface area contributed by atoms with Gasteiger partial charge in [-0.25, -0.2) is 4.79 Å². The van der Waals surface area contributed by atoms with Crippen molar-refractivity contribution in [3.63, 3.8) is 0 Å². The summed E-state index contributed by atoms with van der Waals surface area (Å²) in [6.45, 7) is 7.52. The lowest BCUT2D eigenvalue weighted by molar-refractivity contribution is -0.121. The van der Waals surface area contributed by atoms with E-state index in [1.165, 1.54) is 0 Å². The van der Waals surface area contributed by atoms with Crippen LogP contribution in [0.15, 0.2) is 10.9 Å². The van der Waals surface area contributed by atoms with E-state index in [4.69, 9.17) is 0 Å². The summed E-state index contributed by atoms with van der Waals surface area (Å²) in [4.78, 5) is 29.9. The van der Waals surface area contributed by atoms with Crippen LogP contribution in [0.2, 0.25) is 0 Å². The second kappa shape index (κ2) is 7.21. The van der Waals surface area contributed by atoms with Gasteiger partial charge < -0.3 is 10.3 Å². The maximum atomic E-state index is 12.1. The topological polar surface area (TPSA) is 104 Å². The van der Waals surface area contributed by atoms with Crippen LogP contribution in [0.5, 0.6) is 0 Å². The summed E-state index contributed by atoms with van der Waals surface area (Å²) in [5.41, 5.74) is 3.97. The van der Waals surface area contributed by atoms with Crippen LogP contribution in [0.1, 0.15) is 41.7 Å². The van der Waals surface area contributed by atoms with E-state index < -0.39 is 0 Å². The molecule has 0 saturated heterocycles. The molecule has 0 fully saturated rings. The summed E-state index contributed by atoms with van der Waals surface area (Å²) in [5, 5.41) is 10.0. The van der Waals surface area contributed by atoms with Crippen LogP contribution in [0.4, 0.5) is 0 Å². The lowest BCUT2D eigenvalue weighted by atomic mass is 10.1. The van der Waals surface area contributed by atoms with Crippen LogP contribution in [-0.4, -0.2) is 32.1 Å². The van der Waals surface area contributed by atoms with Gasteiger partial charge in [0, 0.05) is 36.0 Å². The molecule has 1 atom stereocenters. The number of H-pyrrole nitrogens is 2. The Kier molecular flexibility index (Phi) is 5.31. The molecule has 3 N–H and O–H groups in total. The van der Waals surface area contributed by atoms with Crippen molar-refractivity contribution in [3.05, 3.63) is 44.9 Å². The Balaban J connectivity index is 1.86. The standard InChI is InChI=1S/C16H23N5O2/c1-9(7-13-8-10(2)20-21-13)17-15(22)6-5-14-11(3)18-16(23)19-12(14)4/h8-9H,5-7H2,1-4H3,(H,17,22)(H,20,21)(H,18,19,23)/t9-/m0/s1. The van der Waals surface area contributed by atoms with Crippen molar-refractivity contribution in [2.45, 2.75) is 53.0 Å². The Morgan fingerprint density at radius 3 is 2.70 bits per heavy atom. The first-order valence-corrected chi connectivity index (χ1v) is 7.71. The zero-order chi connectivity index (χ0) is 17.0. The average molecular weight is 317 g/mol. The van der Waals surface area contributed by atoms with Crippen LogP contribution in [-0.2, 0) is 17.6 Å². The predicted molar refractivity (Wildman–Crippen MR) is 87.3 cm³/mol. The number of aromatic amines is 2. The van der Waals surface area contributed by atoms with Crippen LogP contribution >= 0.6 is 0 Å². The van der Waals surface area contributed by atoms with E-state index in [0.29, 0.717) is 25.0 Å². The Bertz CT molecular complexity index is 721. The molecule has 2 rings (SSSR count).